The molecule has 4 heteroatoms. The molecule has 0 atom stereocenters. The number of hydrogen-bond donors (Lipinski definition) is 1. The molecule has 1 N–H and O–H groups in total. The molecule has 2 heterocycles. The number of hydrogen-bond acceptors (Lipinski definition) is 3. The molecular formula is C20H29N3O. The van der Waals surface area contributed by atoms with Gasteiger partial charge in [0.05, 0.1) is 5.69 Å². The van der Waals surface area contributed by atoms with Crippen molar-refractivity contribution in [3.8, 4) is 0 Å². The number of likely N-dealkylation sites (tertiary alicyclic amines) is 1. The molecule has 0 bridgehead atoms. The van der Waals surface area contributed by atoms with E-state index in [4.69, 9.17) is 0 Å². The highest BCUT2D eigenvalue weighted by Gasteiger charge is 2.20. The van der Waals surface area contributed by atoms with E-state index in [1.807, 2.05) is 18.3 Å². The predicted molar refractivity (Wildman–Crippen MR) is 96.4 cm³/mol. The summed E-state index contributed by atoms with van der Waals surface area (Å²) in [5, 5.41) is 3.17. The molecule has 3 rings (SSSR count). The first kappa shape index (κ1) is 17.2. The van der Waals surface area contributed by atoms with Crippen molar-refractivity contribution in [2.24, 2.45) is 5.92 Å². The van der Waals surface area contributed by atoms with Crippen LogP contribution in [0.2, 0.25) is 0 Å². The Hall–Kier alpha value is -1.68. The number of nitrogens with one attached hydrogen (secondary N) is 1. The van der Waals surface area contributed by atoms with Gasteiger partial charge in [-0.1, -0.05) is 31.4 Å². The van der Waals surface area contributed by atoms with Crippen molar-refractivity contribution in [2.45, 2.75) is 57.5 Å². The summed E-state index contributed by atoms with van der Waals surface area (Å²) in [6.45, 7) is 2.95. The molecule has 2 fully saturated rings. The number of nitrogens with zero attached hydrogens (tertiary/aromatic N) is 2. The van der Waals surface area contributed by atoms with Gasteiger partial charge in [0.15, 0.2) is 0 Å². The van der Waals surface area contributed by atoms with Crippen LogP contribution >= 0.6 is 0 Å². The standard InChI is InChI=1S/C20H29N3O/c24-20(10-9-17-6-2-1-3-7-17)22-18-11-14-23(15-12-18)16-19-8-4-5-13-21-19/h4-5,8-10,13,17-18H,1-3,6-7,11-12,14-16H2,(H,22,24). The third-order valence-electron chi connectivity index (χ3n) is 5.22. The maximum absolute atomic E-state index is 12.1. The summed E-state index contributed by atoms with van der Waals surface area (Å²) >= 11 is 0. The second-order valence-electron chi connectivity index (χ2n) is 7.14. The van der Waals surface area contributed by atoms with E-state index in [0.29, 0.717) is 12.0 Å². The van der Waals surface area contributed by atoms with Crippen LogP contribution < -0.4 is 5.32 Å². The molecule has 1 aliphatic heterocycles. The molecule has 1 aromatic rings. The SMILES string of the molecule is O=C(C=CC1CCCCC1)NC1CCN(Cc2ccccn2)CC1. The Labute approximate surface area is 145 Å². The summed E-state index contributed by atoms with van der Waals surface area (Å²) in [5.74, 6) is 0.702. The summed E-state index contributed by atoms with van der Waals surface area (Å²) < 4.78 is 0. The minimum absolute atomic E-state index is 0.0868. The largest absolute Gasteiger partial charge is 0.350 e. The van der Waals surface area contributed by atoms with Gasteiger partial charge in [0, 0.05) is 31.9 Å². The maximum atomic E-state index is 12.1. The molecule has 0 unspecified atom stereocenters. The Kier molecular flexibility index (Phi) is 6.41. The number of carbonyl (C=O) groups excluding carboxylic acids is 1. The van der Waals surface area contributed by atoms with Gasteiger partial charge < -0.3 is 5.32 Å². The molecule has 1 aromatic heterocycles. The van der Waals surface area contributed by atoms with Crippen LogP contribution in [0.1, 0.15) is 50.6 Å². The fourth-order valence-corrected chi connectivity index (χ4v) is 3.76. The minimum atomic E-state index is 0.0868. The van der Waals surface area contributed by atoms with Crippen LogP contribution in [-0.2, 0) is 11.3 Å². The maximum Gasteiger partial charge on any atom is 0.243 e. The normalized spacial score (nSPS) is 21.2. The van der Waals surface area contributed by atoms with Crippen LogP contribution in [0.15, 0.2) is 36.5 Å². The van der Waals surface area contributed by atoms with Crippen LogP contribution in [0, 0.1) is 5.92 Å². The zero-order chi connectivity index (χ0) is 16.6. The fourth-order valence-electron chi connectivity index (χ4n) is 3.76. The van der Waals surface area contributed by atoms with E-state index in [-0.39, 0.29) is 5.91 Å². The average Bonchev–Trinajstić information content (AvgIpc) is 2.63. The van der Waals surface area contributed by atoms with Crippen molar-refractivity contribution in [3.05, 3.63) is 42.2 Å². The van der Waals surface area contributed by atoms with Gasteiger partial charge in [-0.05, 0) is 49.8 Å². The second-order valence-corrected chi connectivity index (χ2v) is 7.14. The van der Waals surface area contributed by atoms with Crippen molar-refractivity contribution in [2.75, 3.05) is 13.1 Å². The quantitative estimate of drug-likeness (QED) is 0.844. The van der Waals surface area contributed by atoms with E-state index in [9.17, 15) is 4.79 Å². The molecule has 0 radical (unpaired) electrons. The van der Waals surface area contributed by atoms with E-state index in [1.54, 1.807) is 6.08 Å². The van der Waals surface area contributed by atoms with E-state index in [0.717, 1.165) is 38.2 Å². The van der Waals surface area contributed by atoms with Crippen molar-refractivity contribution >= 4 is 5.91 Å². The Morgan fingerprint density at radius 2 is 1.96 bits per heavy atom. The summed E-state index contributed by atoms with van der Waals surface area (Å²) in [4.78, 5) is 18.9. The van der Waals surface area contributed by atoms with Crippen LogP contribution in [0.4, 0.5) is 0 Å². The van der Waals surface area contributed by atoms with Gasteiger partial charge in [0.25, 0.3) is 0 Å². The Morgan fingerprint density at radius 1 is 1.17 bits per heavy atom. The minimum Gasteiger partial charge on any atom is -0.350 e. The number of rotatable bonds is 5. The zero-order valence-electron chi connectivity index (χ0n) is 14.5. The molecule has 1 saturated heterocycles. The zero-order valence-corrected chi connectivity index (χ0v) is 14.5. The highest BCUT2D eigenvalue weighted by molar-refractivity contribution is 5.87. The molecule has 1 amide bonds. The number of carbonyl (C=O) groups is 1. The lowest BCUT2D eigenvalue weighted by Crippen LogP contribution is -2.44. The monoisotopic (exact) mass is 327 g/mol. The van der Waals surface area contributed by atoms with Gasteiger partial charge in [-0.15, -0.1) is 0 Å². The second kappa shape index (κ2) is 8.97. The molecule has 130 valence electrons. The molecule has 1 aliphatic carbocycles. The summed E-state index contributed by atoms with van der Waals surface area (Å²) in [6, 6.07) is 6.37. The number of pyridine rings is 1. The summed E-state index contributed by atoms with van der Waals surface area (Å²) in [5.41, 5.74) is 1.12. The first-order chi connectivity index (χ1) is 11.8. The van der Waals surface area contributed by atoms with Gasteiger partial charge in [-0.25, -0.2) is 0 Å². The lowest BCUT2D eigenvalue weighted by Gasteiger charge is -2.31. The van der Waals surface area contributed by atoms with Crippen LogP contribution in [0.3, 0.4) is 0 Å². The third-order valence-corrected chi connectivity index (χ3v) is 5.22. The molecule has 2 aliphatic rings. The Morgan fingerprint density at radius 3 is 2.67 bits per heavy atom. The smallest absolute Gasteiger partial charge is 0.243 e. The van der Waals surface area contributed by atoms with E-state index < -0.39 is 0 Å². The molecule has 24 heavy (non-hydrogen) atoms. The molecule has 0 spiro atoms. The molecule has 1 saturated carbocycles. The van der Waals surface area contributed by atoms with Crippen LogP contribution in [0.25, 0.3) is 0 Å². The average molecular weight is 327 g/mol. The van der Waals surface area contributed by atoms with Crippen LogP contribution in [-0.4, -0.2) is 34.9 Å². The number of amides is 1. The first-order valence-electron chi connectivity index (χ1n) is 9.40. The van der Waals surface area contributed by atoms with E-state index >= 15 is 0 Å². The van der Waals surface area contributed by atoms with Crippen molar-refractivity contribution < 1.29 is 4.79 Å². The summed E-state index contributed by atoms with van der Waals surface area (Å²) in [6.07, 6.45) is 14.3. The van der Waals surface area contributed by atoms with Crippen molar-refractivity contribution in [1.82, 2.24) is 15.2 Å². The fraction of sp³-hybridized carbons (Fsp3) is 0.600. The lowest BCUT2D eigenvalue weighted by molar-refractivity contribution is -0.117. The Balaban J connectivity index is 1.37. The highest BCUT2D eigenvalue weighted by Crippen LogP contribution is 2.24. The van der Waals surface area contributed by atoms with Crippen LogP contribution in [0.5, 0.6) is 0 Å². The Bertz CT molecular complexity index is 529. The highest BCUT2D eigenvalue weighted by atomic mass is 16.1. The molecule has 0 aromatic carbocycles. The topological polar surface area (TPSA) is 45.2 Å². The van der Waals surface area contributed by atoms with Gasteiger partial charge in [0.2, 0.25) is 5.91 Å². The van der Waals surface area contributed by atoms with Crippen molar-refractivity contribution in [1.29, 1.82) is 0 Å². The lowest BCUT2D eigenvalue weighted by atomic mass is 9.89. The molecule has 4 nitrogen and oxygen atoms in total. The number of allylic oxidation sites excluding steroid dienone is 1. The summed E-state index contributed by atoms with van der Waals surface area (Å²) in [7, 11) is 0. The third kappa shape index (κ3) is 5.45. The van der Waals surface area contributed by atoms with E-state index in [1.165, 1.54) is 32.1 Å². The van der Waals surface area contributed by atoms with Gasteiger partial charge in [-0.2, -0.15) is 0 Å². The number of piperidine rings is 1. The van der Waals surface area contributed by atoms with Gasteiger partial charge in [0.1, 0.15) is 0 Å². The predicted octanol–water partition coefficient (Wildman–Crippen LogP) is 3.30. The number of aromatic nitrogens is 1. The first-order valence-corrected chi connectivity index (χ1v) is 9.40. The van der Waals surface area contributed by atoms with Gasteiger partial charge >= 0.3 is 0 Å². The van der Waals surface area contributed by atoms with Crippen molar-refractivity contribution in [3.63, 3.8) is 0 Å². The van der Waals surface area contributed by atoms with Gasteiger partial charge in [-0.3, -0.25) is 14.7 Å². The molecular weight excluding hydrogens is 298 g/mol. The van der Waals surface area contributed by atoms with E-state index in [2.05, 4.69) is 27.3 Å².